The SMILES string of the molecule is COCCOc1cc(Nc2ccnc3ccccc23)ccc1OC. The number of aromatic nitrogens is 1. The van der Waals surface area contributed by atoms with E-state index in [-0.39, 0.29) is 0 Å². The molecule has 24 heavy (non-hydrogen) atoms. The van der Waals surface area contributed by atoms with Gasteiger partial charge in [-0.05, 0) is 24.3 Å². The van der Waals surface area contributed by atoms with Gasteiger partial charge in [0, 0.05) is 36.1 Å². The maximum Gasteiger partial charge on any atom is 0.163 e. The molecule has 0 fully saturated rings. The highest BCUT2D eigenvalue weighted by molar-refractivity contribution is 5.92. The summed E-state index contributed by atoms with van der Waals surface area (Å²) in [6.45, 7) is 0.990. The average molecular weight is 324 g/mol. The van der Waals surface area contributed by atoms with Crippen LogP contribution in [0.3, 0.4) is 0 Å². The van der Waals surface area contributed by atoms with Gasteiger partial charge in [0.25, 0.3) is 0 Å². The van der Waals surface area contributed by atoms with E-state index in [4.69, 9.17) is 14.2 Å². The molecule has 1 N–H and O–H groups in total. The number of rotatable bonds is 7. The van der Waals surface area contributed by atoms with Gasteiger partial charge in [-0.2, -0.15) is 0 Å². The fraction of sp³-hybridized carbons (Fsp3) is 0.211. The lowest BCUT2D eigenvalue weighted by Gasteiger charge is -2.14. The van der Waals surface area contributed by atoms with E-state index in [0.717, 1.165) is 22.3 Å². The van der Waals surface area contributed by atoms with E-state index in [1.54, 1.807) is 20.4 Å². The van der Waals surface area contributed by atoms with E-state index >= 15 is 0 Å². The number of ether oxygens (including phenoxy) is 3. The smallest absolute Gasteiger partial charge is 0.163 e. The summed E-state index contributed by atoms with van der Waals surface area (Å²) in [5.74, 6) is 1.37. The number of benzene rings is 2. The van der Waals surface area contributed by atoms with Crippen LogP contribution in [0.5, 0.6) is 11.5 Å². The molecule has 0 unspecified atom stereocenters. The van der Waals surface area contributed by atoms with Crippen molar-refractivity contribution in [3.63, 3.8) is 0 Å². The van der Waals surface area contributed by atoms with Crippen molar-refractivity contribution in [1.82, 2.24) is 4.98 Å². The van der Waals surface area contributed by atoms with Crippen LogP contribution >= 0.6 is 0 Å². The fourth-order valence-corrected chi connectivity index (χ4v) is 2.46. The minimum Gasteiger partial charge on any atom is -0.493 e. The number of anilines is 2. The molecule has 1 heterocycles. The molecule has 0 amide bonds. The molecule has 0 atom stereocenters. The zero-order valence-corrected chi connectivity index (χ0v) is 13.8. The van der Waals surface area contributed by atoms with Crippen molar-refractivity contribution in [3.05, 3.63) is 54.7 Å². The first-order valence-corrected chi connectivity index (χ1v) is 7.72. The minimum absolute atomic E-state index is 0.467. The van der Waals surface area contributed by atoms with Crippen molar-refractivity contribution in [2.24, 2.45) is 0 Å². The lowest BCUT2D eigenvalue weighted by Crippen LogP contribution is -2.05. The molecule has 0 aliphatic carbocycles. The highest BCUT2D eigenvalue weighted by Gasteiger charge is 2.07. The van der Waals surface area contributed by atoms with Gasteiger partial charge < -0.3 is 19.5 Å². The van der Waals surface area contributed by atoms with Crippen LogP contribution in [0.25, 0.3) is 10.9 Å². The molecule has 5 nitrogen and oxygen atoms in total. The number of fused-ring (bicyclic) bond motifs is 1. The van der Waals surface area contributed by atoms with Crippen molar-refractivity contribution >= 4 is 22.3 Å². The van der Waals surface area contributed by atoms with Gasteiger partial charge in [-0.25, -0.2) is 0 Å². The summed E-state index contributed by atoms with van der Waals surface area (Å²) in [6.07, 6.45) is 1.80. The molecule has 0 radical (unpaired) electrons. The summed E-state index contributed by atoms with van der Waals surface area (Å²) in [5, 5.41) is 4.49. The molecule has 0 aliphatic heterocycles. The Bertz CT molecular complexity index is 815. The van der Waals surface area contributed by atoms with Crippen LogP contribution in [0.15, 0.2) is 54.7 Å². The second kappa shape index (κ2) is 7.66. The predicted octanol–water partition coefficient (Wildman–Crippen LogP) is 4.01. The van der Waals surface area contributed by atoms with Gasteiger partial charge in [0.1, 0.15) is 6.61 Å². The number of nitrogens with one attached hydrogen (secondary N) is 1. The lowest BCUT2D eigenvalue weighted by molar-refractivity contribution is 0.144. The maximum atomic E-state index is 5.73. The Hall–Kier alpha value is -2.79. The zero-order valence-electron chi connectivity index (χ0n) is 13.8. The zero-order chi connectivity index (χ0) is 16.8. The highest BCUT2D eigenvalue weighted by atomic mass is 16.5. The quantitative estimate of drug-likeness (QED) is 0.665. The number of pyridine rings is 1. The first-order chi connectivity index (χ1) is 11.8. The average Bonchev–Trinajstić information content (AvgIpc) is 2.62. The van der Waals surface area contributed by atoms with Crippen molar-refractivity contribution in [1.29, 1.82) is 0 Å². The van der Waals surface area contributed by atoms with Crippen LogP contribution in [0.2, 0.25) is 0 Å². The van der Waals surface area contributed by atoms with E-state index in [1.165, 1.54) is 0 Å². The van der Waals surface area contributed by atoms with Crippen LogP contribution in [0, 0.1) is 0 Å². The van der Waals surface area contributed by atoms with E-state index < -0.39 is 0 Å². The van der Waals surface area contributed by atoms with Crippen LogP contribution in [-0.2, 0) is 4.74 Å². The Kier molecular flexibility index (Phi) is 5.13. The summed E-state index contributed by atoms with van der Waals surface area (Å²) >= 11 is 0. The standard InChI is InChI=1S/C19H20N2O3/c1-22-11-12-24-19-13-14(7-8-18(19)23-2)21-17-9-10-20-16-6-4-3-5-15(16)17/h3-10,13H,11-12H2,1-2H3,(H,20,21). The summed E-state index contributed by atoms with van der Waals surface area (Å²) in [4.78, 5) is 4.38. The summed E-state index contributed by atoms with van der Waals surface area (Å²) in [5.41, 5.74) is 2.86. The van der Waals surface area contributed by atoms with Gasteiger partial charge in [-0.3, -0.25) is 4.98 Å². The molecule has 0 saturated heterocycles. The maximum absolute atomic E-state index is 5.73. The van der Waals surface area contributed by atoms with Gasteiger partial charge >= 0.3 is 0 Å². The number of nitrogens with zero attached hydrogens (tertiary/aromatic N) is 1. The fourth-order valence-electron chi connectivity index (χ4n) is 2.46. The molecular weight excluding hydrogens is 304 g/mol. The van der Waals surface area contributed by atoms with Crippen LogP contribution in [0.4, 0.5) is 11.4 Å². The lowest BCUT2D eigenvalue weighted by atomic mass is 10.2. The van der Waals surface area contributed by atoms with E-state index in [1.807, 2.05) is 48.5 Å². The van der Waals surface area contributed by atoms with Crippen molar-refractivity contribution in [3.8, 4) is 11.5 Å². The Morgan fingerprint density at radius 1 is 0.958 bits per heavy atom. The molecule has 3 aromatic rings. The van der Waals surface area contributed by atoms with Crippen LogP contribution in [0.1, 0.15) is 0 Å². The molecule has 0 saturated carbocycles. The molecular formula is C19H20N2O3. The minimum atomic E-state index is 0.467. The van der Waals surface area contributed by atoms with Gasteiger partial charge in [0.05, 0.1) is 19.2 Å². The Morgan fingerprint density at radius 2 is 1.83 bits per heavy atom. The Balaban J connectivity index is 1.87. The normalized spacial score (nSPS) is 10.6. The molecule has 1 aromatic heterocycles. The van der Waals surface area contributed by atoms with E-state index in [2.05, 4.69) is 10.3 Å². The van der Waals surface area contributed by atoms with E-state index in [9.17, 15) is 0 Å². The largest absolute Gasteiger partial charge is 0.493 e. The summed E-state index contributed by atoms with van der Waals surface area (Å²) in [6, 6.07) is 15.7. The second-order valence-electron chi connectivity index (χ2n) is 5.21. The Morgan fingerprint density at radius 3 is 2.67 bits per heavy atom. The van der Waals surface area contributed by atoms with Gasteiger partial charge in [0.2, 0.25) is 0 Å². The number of methoxy groups -OCH3 is 2. The third-order valence-corrected chi connectivity index (χ3v) is 3.64. The third kappa shape index (κ3) is 3.58. The van der Waals surface area contributed by atoms with E-state index in [0.29, 0.717) is 24.7 Å². The summed E-state index contributed by atoms with van der Waals surface area (Å²) < 4.78 is 16.1. The second-order valence-corrected chi connectivity index (χ2v) is 5.21. The first-order valence-electron chi connectivity index (χ1n) is 7.72. The van der Waals surface area contributed by atoms with Crippen LogP contribution < -0.4 is 14.8 Å². The topological polar surface area (TPSA) is 52.6 Å². The van der Waals surface area contributed by atoms with Crippen molar-refractivity contribution in [2.75, 3.05) is 32.8 Å². The number of hydrogen-bond acceptors (Lipinski definition) is 5. The van der Waals surface area contributed by atoms with Crippen LogP contribution in [-0.4, -0.2) is 32.4 Å². The molecule has 124 valence electrons. The molecule has 5 heteroatoms. The number of hydrogen-bond donors (Lipinski definition) is 1. The van der Waals surface area contributed by atoms with Gasteiger partial charge in [-0.1, -0.05) is 18.2 Å². The van der Waals surface area contributed by atoms with Gasteiger partial charge in [-0.15, -0.1) is 0 Å². The van der Waals surface area contributed by atoms with Crippen molar-refractivity contribution in [2.45, 2.75) is 0 Å². The molecule has 0 spiro atoms. The molecule has 3 rings (SSSR count). The predicted molar refractivity (Wildman–Crippen MR) is 95.4 cm³/mol. The highest BCUT2D eigenvalue weighted by Crippen LogP contribution is 2.32. The first kappa shape index (κ1) is 16.1. The molecule has 2 aromatic carbocycles. The molecule has 0 bridgehead atoms. The monoisotopic (exact) mass is 324 g/mol. The molecule has 0 aliphatic rings. The summed E-state index contributed by atoms with van der Waals surface area (Å²) in [7, 11) is 3.27. The number of para-hydroxylation sites is 1. The third-order valence-electron chi connectivity index (χ3n) is 3.64. The van der Waals surface area contributed by atoms with Crippen molar-refractivity contribution < 1.29 is 14.2 Å². The Labute approximate surface area is 141 Å². The van der Waals surface area contributed by atoms with Gasteiger partial charge in [0.15, 0.2) is 11.5 Å².